The van der Waals surface area contributed by atoms with Gasteiger partial charge in [0.25, 0.3) is 5.91 Å². The van der Waals surface area contributed by atoms with Crippen LogP contribution in [-0.2, 0) is 4.79 Å². The Kier molecular flexibility index (Phi) is 4.20. The van der Waals surface area contributed by atoms with Crippen LogP contribution in [0.5, 0.6) is 5.75 Å². The van der Waals surface area contributed by atoms with Gasteiger partial charge in [0, 0.05) is 13.1 Å². The van der Waals surface area contributed by atoms with E-state index in [0.29, 0.717) is 5.75 Å². The molecule has 1 saturated heterocycles. The highest BCUT2D eigenvalue weighted by atomic mass is 16.5. The van der Waals surface area contributed by atoms with Gasteiger partial charge in [0.1, 0.15) is 5.75 Å². The second-order valence-corrected chi connectivity index (χ2v) is 4.63. The van der Waals surface area contributed by atoms with E-state index in [1.165, 1.54) is 0 Å². The number of amides is 1. The Labute approximate surface area is 107 Å². The van der Waals surface area contributed by atoms with Crippen molar-refractivity contribution in [2.24, 2.45) is 0 Å². The van der Waals surface area contributed by atoms with Gasteiger partial charge in [-0.15, -0.1) is 0 Å². The summed E-state index contributed by atoms with van der Waals surface area (Å²) >= 11 is 0. The first-order valence-corrected chi connectivity index (χ1v) is 6.35. The highest BCUT2D eigenvalue weighted by molar-refractivity contribution is 5.78. The molecule has 1 aliphatic heterocycles. The van der Waals surface area contributed by atoms with Gasteiger partial charge in [0.15, 0.2) is 6.61 Å². The zero-order valence-electron chi connectivity index (χ0n) is 10.6. The SMILES string of the molecule is C[C@@H](O)c1cccc(OCC(=O)N2CCCC2)c1. The quantitative estimate of drug-likeness (QED) is 0.884. The molecule has 1 atom stereocenters. The first kappa shape index (κ1) is 12.9. The topological polar surface area (TPSA) is 49.8 Å². The summed E-state index contributed by atoms with van der Waals surface area (Å²) in [5.74, 6) is 0.663. The Morgan fingerprint density at radius 2 is 2.17 bits per heavy atom. The minimum absolute atomic E-state index is 0.0370. The van der Waals surface area contributed by atoms with Crippen molar-refractivity contribution >= 4 is 5.91 Å². The number of carbonyl (C=O) groups is 1. The van der Waals surface area contributed by atoms with E-state index in [-0.39, 0.29) is 12.5 Å². The van der Waals surface area contributed by atoms with Gasteiger partial charge in [-0.25, -0.2) is 0 Å². The van der Waals surface area contributed by atoms with Crippen molar-refractivity contribution in [1.29, 1.82) is 0 Å². The van der Waals surface area contributed by atoms with Crippen molar-refractivity contribution in [1.82, 2.24) is 4.90 Å². The van der Waals surface area contributed by atoms with E-state index in [0.717, 1.165) is 31.5 Å². The number of hydrogen-bond acceptors (Lipinski definition) is 3. The van der Waals surface area contributed by atoms with Crippen LogP contribution in [0, 0.1) is 0 Å². The van der Waals surface area contributed by atoms with Crippen LogP contribution in [0.15, 0.2) is 24.3 Å². The van der Waals surface area contributed by atoms with Gasteiger partial charge in [-0.1, -0.05) is 12.1 Å². The molecule has 0 aromatic heterocycles. The summed E-state index contributed by atoms with van der Waals surface area (Å²) in [7, 11) is 0. The fraction of sp³-hybridized carbons (Fsp3) is 0.500. The van der Waals surface area contributed by atoms with E-state index in [1.54, 1.807) is 19.1 Å². The predicted molar refractivity (Wildman–Crippen MR) is 68.4 cm³/mol. The molecule has 1 aromatic carbocycles. The Bertz CT molecular complexity index is 411. The lowest BCUT2D eigenvalue weighted by Gasteiger charge is -2.16. The number of ether oxygens (including phenoxy) is 1. The Balaban J connectivity index is 1.89. The standard InChI is InChI=1S/C14H19NO3/c1-11(16)12-5-4-6-13(9-12)18-10-14(17)15-7-2-3-8-15/h4-6,9,11,16H,2-3,7-8,10H2,1H3/t11-/m1/s1. The van der Waals surface area contributed by atoms with Gasteiger partial charge in [0.05, 0.1) is 6.10 Å². The minimum Gasteiger partial charge on any atom is -0.484 e. The van der Waals surface area contributed by atoms with Crippen molar-refractivity contribution in [2.75, 3.05) is 19.7 Å². The Morgan fingerprint density at radius 3 is 2.83 bits per heavy atom. The normalized spacial score (nSPS) is 16.7. The molecule has 1 fully saturated rings. The zero-order chi connectivity index (χ0) is 13.0. The van der Waals surface area contributed by atoms with Gasteiger partial charge >= 0.3 is 0 Å². The summed E-state index contributed by atoms with van der Waals surface area (Å²) in [6.45, 7) is 3.46. The largest absolute Gasteiger partial charge is 0.484 e. The first-order chi connectivity index (χ1) is 8.66. The summed E-state index contributed by atoms with van der Waals surface area (Å²) < 4.78 is 5.47. The number of likely N-dealkylation sites (tertiary alicyclic amines) is 1. The summed E-state index contributed by atoms with van der Waals surface area (Å²) in [5, 5.41) is 9.47. The third-order valence-corrected chi connectivity index (χ3v) is 3.16. The maximum atomic E-state index is 11.8. The Morgan fingerprint density at radius 1 is 1.44 bits per heavy atom. The number of aliphatic hydroxyl groups excluding tert-OH is 1. The molecule has 1 amide bonds. The summed E-state index contributed by atoms with van der Waals surface area (Å²) in [4.78, 5) is 13.6. The molecule has 18 heavy (non-hydrogen) atoms. The van der Waals surface area contributed by atoms with E-state index in [1.807, 2.05) is 17.0 Å². The molecule has 4 nitrogen and oxygen atoms in total. The van der Waals surface area contributed by atoms with E-state index >= 15 is 0 Å². The molecular formula is C14H19NO3. The van der Waals surface area contributed by atoms with Crippen molar-refractivity contribution in [3.8, 4) is 5.75 Å². The summed E-state index contributed by atoms with van der Waals surface area (Å²) in [6.07, 6.45) is 1.65. The van der Waals surface area contributed by atoms with Crippen LogP contribution in [0.2, 0.25) is 0 Å². The van der Waals surface area contributed by atoms with Crippen molar-refractivity contribution in [3.05, 3.63) is 29.8 Å². The van der Waals surface area contributed by atoms with Crippen LogP contribution in [0.4, 0.5) is 0 Å². The molecule has 0 radical (unpaired) electrons. The second-order valence-electron chi connectivity index (χ2n) is 4.63. The maximum Gasteiger partial charge on any atom is 0.260 e. The zero-order valence-corrected chi connectivity index (χ0v) is 10.6. The smallest absolute Gasteiger partial charge is 0.260 e. The van der Waals surface area contributed by atoms with Gasteiger partial charge in [0.2, 0.25) is 0 Å². The maximum absolute atomic E-state index is 11.8. The number of aliphatic hydroxyl groups is 1. The van der Waals surface area contributed by atoms with Crippen LogP contribution in [-0.4, -0.2) is 35.6 Å². The molecule has 0 bridgehead atoms. The highest BCUT2D eigenvalue weighted by Crippen LogP contribution is 2.19. The second kappa shape index (κ2) is 5.87. The van der Waals surface area contributed by atoms with Crippen LogP contribution >= 0.6 is 0 Å². The molecule has 1 aromatic rings. The van der Waals surface area contributed by atoms with Crippen molar-refractivity contribution in [2.45, 2.75) is 25.9 Å². The van der Waals surface area contributed by atoms with Gasteiger partial charge in [-0.05, 0) is 37.5 Å². The summed E-state index contributed by atoms with van der Waals surface area (Å²) in [6, 6.07) is 7.21. The molecule has 0 saturated carbocycles. The van der Waals surface area contributed by atoms with Gasteiger partial charge in [-0.2, -0.15) is 0 Å². The number of rotatable bonds is 4. The van der Waals surface area contributed by atoms with Crippen LogP contribution in [0.1, 0.15) is 31.4 Å². The number of carbonyl (C=O) groups excluding carboxylic acids is 1. The number of benzene rings is 1. The first-order valence-electron chi connectivity index (χ1n) is 6.35. The lowest BCUT2D eigenvalue weighted by Crippen LogP contribution is -2.32. The minimum atomic E-state index is -0.525. The molecule has 2 rings (SSSR count). The molecule has 0 unspecified atom stereocenters. The predicted octanol–water partition coefficient (Wildman–Crippen LogP) is 1.74. The van der Waals surface area contributed by atoms with Crippen molar-refractivity contribution < 1.29 is 14.6 Å². The van der Waals surface area contributed by atoms with E-state index < -0.39 is 6.10 Å². The average Bonchev–Trinajstić information content (AvgIpc) is 2.90. The third kappa shape index (κ3) is 3.23. The molecular weight excluding hydrogens is 230 g/mol. The number of nitrogens with zero attached hydrogens (tertiary/aromatic N) is 1. The van der Waals surface area contributed by atoms with Gasteiger partial charge in [-0.3, -0.25) is 4.79 Å². The molecule has 0 aliphatic carbocycles. The molecule has 0 spiro atoms. The van der Waals surface area contributed by atoms with Crippen LogP contribution in [0.3, 0.4) is 0 Å². The number of hydrogen-bond donors (Lipinski definition) is 1. The molecule has 98 valence electrons. The average molecular weight is 249 g/mol. The monoisotopic (exact) mass is 249 g/mol. The fourth-order valence-electron chi connectivity index (χ4n) is 2.07. The van der Waals surface area contributed by atoms with Crippen LogP contribution in [0.25, 0.3) is 0 Å². The highest BCUT2D eigenvalue weighted by Gasteiger charge is 2.18. The van der Waals surface area contributed by atoms with Crippen LogP contribution < -0.4 is 4.74 Å². The Hall–Kier alpha value is -1.55. The van der Waals surface area contributed by atoms with E-state index in [9.17, 15) is 9.90 Å². The molecule has 4 heteroatoms. The summed E-state index contributed by atoms with van der Waals surface area (Å²) in [5.41, 5.74) is 0.793. The molecule has 1 N–H and O–H groups in total. The fourth-order valence-corrected chi connectivity index (χ4v) is 2.07. The molecule has 1 aliphatic rings. The van der Waals surface area contributed by atoms with E-state index in [4.69, 9.17) is 4.74 Å². The lowest BCUT2D eigenvalue weighted by atomic mass is 10.1. The third-order valence-electron chi connectivity index (χ3n) is 3.16. The molecule has 1 heterocycles. The van der Waals surface area contributed by atoms with E-state index in [2.05, 4.69) is 0 Å². The van der Waals surface area contributed by atoms with Crippen molar-refractivity contribution in [3.63, 3.8) is 0 Å². The van der Waals surface area contributed by atoms with Gasteiger partial charge < -0.3 is 14.7 Å². The lowest BCUT2D eigenvalue weighted by molar-refractivity contribution is -0.132.